The van der Waals surface area contributed by atoms with E-state index in [4.69, 9.17) is 21.1 Å². The Kier molecular flexibility index (Phi) is 13.4. The molecule has 0 bridgehead atoms. The highest BCUT2D eigenvalue weighted by Gasteiger charge is 2.15. The third kappa shape index (κ3) is 10.4. The summed E-state index contributed by atoms with van der Waals surface area (Å²) in [5, 5.41) is 7.98. The molecular weight excluding hydrogens is 480 g/mol. The van der Waals surface area contributed by atoms with Crippen molar-refractivity contribution in [1.82, 2.24) is 10.6 Å². The lowest BCUT2D eigenvalue weighted by Gasteiger charge is -2.17. The molecule has 0 unspecified atom stereocenters. The molecule has 0 aliphatic heterocycles. The molecule has 0 aromatic heterocycles. The van der Waals surface area contributed by atoms with E-state index in [9.17, 15) is 0 Å². The molecule has 3 rings (SSSR count). The first-order chi connectivity index (χ1) is 18.2. The van der Waals surface area contributed by atoms with Gasteiger partial charge in [0.25, 0.3) is 0 Å². The van der Waals surface area contributed by atoms with Crippen LogP contribution in [0.25, 0.3) is 0 Å². The number of unbranched alkanes of at least 4 members (excludes halogenated alkanes) is 3. The lowest BCUT2D eigenvalue weighted by atomic mass is 9.96. The van der Waals surface area contributed by atoms with Crippen molar-refractivity contribution in [3.8, 4) is 11.5 Å². The topological polar surface area (TPSA) is 42.5 Å². The largest absolute Gasteiger partial charge is 0.493 e. The van der Waals surface area contributed by atoms with Crippen LogP contribution in [0.1, 0.15) is 47.9 Å². The summed E-state index contributed by atoms with van der Waals surface area (Å²) in [6.07, 6.45) is 8.89. The standard InChI is InChI=1S/C32H43ClN2O2/c1-36-31-18-16-28(30(32(31)37-2)17-15-27-13-10-14-29(33)25-27)20-24-35-22-9-4-3-8-21-34-23-19-26-11-6-5-7-12-26/h5-7,10-14,16,18,25,34-35H,3-4,8-9,15,17,19-24H2,1-2H3. The molecule has 4 nitrogen and oxygen atoms in total. The van der Waals surface area contributed by atoms with E-state index in [1.807, 2.05) is 24.3 Å². The van der Waals surface area contributed by atoms with E-state index >= 15 is 0 Å². The molecule has 0 atom stereocenters. The van der Waals surface area contributed by atoms with Crippen molar-refractivity contribution >= 4 is 11.6 Å². The Bertz CT molecular complexity index is 1040. The normalized spacial score (nSPS) is 11.0. The predicted molar refractivity (Wildman–Crippen MR) is 156 cm³/mol. The summed E-state index contributed by atoms with van der Waals surface area (Å²) in [5.74, 6) is 1.63. The van der Waals surface area contributed by atoms with Gasteiger partial charge in [-0.2, -0.15) is 0 Å². The van der Waals surface area contributed by atoms with Gasteiger partial charge in [-0.25, -0.2) is 0 Å². The fraction of sp³-hybridized carbons (Fsp3) is 0.438. The quantitative estimate of drug-likeness (QED) is 0.183. The number of benzene rings is 3. The Labute approximate surface area is 228 Å². The van der Waals surface area contributed by atoms with Crippen LogP contribution in [0.4, 0.5) is 0 Å². The molecule has 0 heterocycles. The number of methoxy groups -OCH3 is 2. The van der Waals surface area contributed by atoms with Gasteiger partial charge >= 0.3 is 0 Å². The minimum atomic E-state index is 0.777. The van der Waals surface area contributed by atoms with E-state index in [2.05, 4.69) is 53.1 Å². The van der Waals surface area contributed by atoms with Gasteiger partial charge in [-0.1, -0.05) is 73.0 Å². The first-order valence-electron chi connectivity index (χ1n) is 13.6. The Balaban J connectivity index is 1.33. The van der Waals surface area contributed by atoms with Crippen LogP contribution in [-0.2, 0) is 25.7 Å². The van der Waals surface area contributed by atoms with Crippen molar-refractivity contribution in [3.63, 3.8) is 0 Å². The summed E-state index contributed by atoms with van der Waals surface area (Å²) in [7, 11) is 3.42. The second-order valence-electron chi connectivity index (χ2n) is 9.47. The van der Waals surface area contributed by atoms with Gasteiger partial charge in [-0.15, -0.1) is 0 Å². The number of rotatable bonds is 18. The zero-order chi connectivity index (χ0) is 26.1. The number of halogens is 1. The summed E-state index contributed by atoms with van der Waals surface area (Å²) in [4.78, 5) is 0. The van der Waals surface area contributed by atoms with Gasteiger partial charge in [0, 0.05) is 10.6 Å². The molecular formula is C32H43ClN2O2. The average Bonchev–Trinajstić information content (AvgIpc) is 2.93. The van der Waals surface area contributed by atoms with Gasteiger partial charge in [0.15, 0.2) is 11.5 Å². The van der Waals surface area contributed by atoms with E-state index in [-0.39, 0.29) is 0 Å². The molecule has 5 heteroatoms. The minimum absolute atomic E-state index is 0.777. The van der Waals surface area contributed by atoms with Crippen LogP contribution in [0, 0.1) is 0 Å². The maximum Gasteiger partial charge on any atom is 0.164 e. The molecule has 0 aliphatic rings. The van der Waals surface area contributed by atoms with Crippen molar-refractivity contribution < 1.29 is 9.47 Å². The molecule has 200 valence electrons. The highest BCUT2D eigenvalue weighted by atomic mass is 35.5. The Morgan fingerprint density at radius 2 is 1.32 bits per heavy atom. The van der Waals surface area contributed by atoms with E-state index < -0.39 is 0 Å². The SMILES string of the molecule is COc1ccc(CCNCCCCCCNCCc2ccccc2)c(CCc2cccc(Cl)c2)c1OC. The highest BCUT2D eigenvalue weighted by Crippen LogP contribution is 2.34. The first kappa shape index (κ1) is 29.0. The third-order valence-corrected chi connectivity index (χ3v) is 6.99. The molecule has 37 heavy (non-hydrogen) atoms. The lowest BCUT2D eigenvalue weighted by Crippen LogP contribution is -2.20. The highest BCUT2D eigenvalue weighted by molar-refractivity contribution is 6.30. The zero-order valence-corrected chi connectivity index (χ0v) is 23.3. The minimum Gasteiger partial charge on any atom is -0.493 e. The van der Waals surface area contributed by atoms with Crippen LogP contribution in [0.3, 0.4) is 0 Å². The molecule has 0 aliphatic carbocycles. The monoisotopic (exact) mass is 522 g/mol. The van der Waals surface area contributed by atoms with Gasteiger partial charge in [-0.3, -0.25) is 0 Å². The van der Waals surface area contributed by atoms with E-state index in [1.165, 1.54) is 47.9 Å². The summed E-state index contributed by atoms with van der Waals surface area (Å²) in [6, 6.07) is 23.0. The Morgan fingerprint density at radius 3 is 2.00 bits per heavy atom. The second-order valence-corrected chi connectivity index (χ2v) is 9.90. The van der Waals surface area contributed by atoms with Crippen molar-refractivity contribution in [2.24, 2.45) is 0 Å². The van der Waals surface area contributed by atoms with Crippen LogP contribution in [0.5, 0.6) is 11.5 Å². The summed E-state index contributed by atoms with van der Waals surface area (Å²) in [6.45, 7) is 4.19. The Hall–Kier alpha value is -2.53. The van der Waals surface area contributed by atoms with Gasteiger partial charge in [-0.05, 0) is 99.6 Å². The molecule has 3 aromatic rings. The molecule has 3 aromatic carbocycles. The van der Waals surface area contributed by atoms with Crippen molar-refractivity contribution in [3.05, 3.63) is 94.0 Å². The van der Waals surface area contributed by atoms with E-state index in [1.54, 1.807) is 14.2 Å². The molecule has 0 amide bonds. The number of nitrogens with one attached hydrogen (secondary N) is 2. The molecule has 0 fully saturated rings. The fourth-order valence-electron chi connectivity index (χ4n) is 4.71. The number of hydrogen-bond acceptors (Lipinski definition) is 4. The first-order valence-corrected chi connectivity index (χ1v) is 14.0. The van der Waals surface area contributed by atoms with Crippen molar-refractivity contribution in [1.29, 1.82) is 0 Å². The van der Waals surface area contributed by atoms with Gasteiger partial charge in [0.05, 0.1) is 14.2 Å². The summed E-state index contributed by atoms with van der Waals surface area (Å²) < 4.78 is 11.3. The maximum absolute atomic E-state index is 6.19. The summed E-state index contributed by atoms with van der Waals surface area (Å²) in [5.41, 5.74) is 5.17. The zero-order valence-electron chi connectivity index (χ0n) is 22.5. The van der Waals surface area contributed by atoms with Crippen molar-refractivity contribution in [2.45, 2.75) is 51.4 Å². The fourth-order valence-corrected chi connectivity index (χ4v) is 4.92. The van der Waals surface area contributed by atoms with Gasteiger partial charge < -0.3 is 20.1 Å². The molecule has 2 N–H and O–H groups in total. The van der Waals surface area contributed by atoms with Gasteiger partial charge in [0.1, 0.15) is 0 Å². The van der Waals surface area contributed by atoms with E-state index in [0.717, 1.165) is 68.4 Å². The Morgan fingerprint density at radius 1 is 0.622 bits per heavy atom. The maximum atomic E-state index is 6.19. The lowest BCUT2D eigenvalue weighted by molar-refractivity contribution is 0.351. The molecule has 0 spiro atoms. The smallest absolute Gasteiger partial charge is 0.164 e. The predicted octanol–water partition coefficient (Wildman–Crippen LogP) is 6.67. The van der Waals surface area contributed by atoms with Crippen LogP contribution in [0.15, 0.2) is 66.7 Å². The van der Waals surface area contributed by atoms with E-state index in [0.29, 0.717) is 0 Å². The molecule has 0 radical (unpaired) electrons. The second kappa shape index (κ2) is 17.1. The van der Waals surface area contributed by atoms with Crippen molar-refractivity contribution in [2.75, 3.05) is 40.4 Å². The molecule has 0 saturated carbocycles. The number of hydrogen-bond donors (Lipinski definition) is 2. The van der Waals surface area contributed by atoms with Crippen LogP contribution >= 0.6 is 11.6 Å². The van der Waals surface area contributed by atoms with Gasteiger partial charge in [0.2, 0.25) is 0 Å². The van der Waals surface area contributed by atoms with Crippen LogP contribution < -0.4 is 20.1 Å². The van der Waals surface area contributed by atoms with Crippen LogP contribution in [0.2, 0.25) is 5.02 Å². The molecule has 0 saturated heterocycles. The summed E-state index contributed by atoms with van der Waals surface area (Å²) >= 11 is 6.19. The number of ether oxygens (including phenoxy) is 2. The third-order valence-electron chi connectivity index (χ3n) is 6.76. The number of aryl methyl sites for hydroxylation is 1. The average molecular weight is 523 g/mol. The van der Waals surface area contributed by atoms with Crippen LogP contribution in [-0.4, -0.2) is 40.4 Å².